The van der Waals surface area contributed by atoms with Crippen molar-refractivity contribution >= 4 is 26.2 Å². The highest BCUT2D eigenvalue weighted by Crippen LogP contribution is 2.81. The molecular weight excluding hydrogens is 403 g/mol. The van der Waals surface area contributed by atoms with Crippen LogP contribution in [0.1, 0.15) is 67.3 Å². The van der Waals surface area contributed by atoms with Gasteiger partial charge in [-0.15, -0.1) is 0 Å². The van der Waals surface area contributed by atoms with Crippen LogP contribution in [0.25, 0.3) is 0 Å². The van der Waals surface area contributed by atoms with E-state index in [2.05, 4.69) is 90.4 Å². The van der Waals surface area contributed by atoms with Crippen molar-refractivity contribution in [1.29, 1.82) is 0 Å². The van der Waals surface area contributed by atoms with Gasteiger partial charge in [0.25, 0.3) is 0 Å². The molecule has 0 unspecified atom stereocenters. The largest absolute Gasteiger partial charge is 0.466 e. The molecule has 1 aromatic rings. The fraction of sp³-hybridized carbons (Fsp3) is 0.810. The first-order chi connectivity index (χ1) is 12.7. The molecule has 0 N–H and O–H groups in total. The summed E-state index contributed by atoms with van der Waals surface area (Å²) in [5.74, 6) is 0.927. The first-order valence-electron chi connectivity index (χ1n) is 10.6. The average molecular weight is 445 g/mol. The van der Waals surface area contributed by atoms with Gasteiger partial charge in [0.1, 0.15) is 23.2 Å². The standard InChI is InChI=1S/C21H41N2O2PSSi/c1-15(2)22(16(3)4)26(27,23(17(5)6)18(7)8)21(28(9,10)11)20(25-21)19-13-12-14-24-19/h12-18,20H,1-11H3/t20-,21+/m0/s1. The molecule has 4 nitrogen and oxygen atoms in total. The number of furan rings is 1. The van der Waals surface area contributed by atoms with Gasteiger partial charge in [-0.2, -0.15) is 0 Å². The molecule has 1 aliphatic heterocycles. The van der Waals surface area contributed by atoms with Gasteiger partial charge in [0.05, 0.1) is 14.3 Å². The number of ether oxygens (including phenoxy) is 1. The van der Waals surface area contributed by atoms with E-state index in [4.69, 9.17) is 21.0 Å². The van der Waals surface area contributed by atoms with Gasteiger partial charge >= 0.3 is 0 Å². The number of hydrogen-bond acceptors (Lipinski definition) is 3. The van der Waals surface area contributed by atoms with Gasteiger partial charge < -0.3 is 9.15 Å². The van der Waals surface area contributed by atoms with Crippen LogP contribution in [0.15, 0.2) is 22.8 Å². The minimum Gasteiger partial charge on any atom is -0.466 e. The summed E-state index contributed by atoms with van der Waals surface area (Å²) in [4.78, 5) is -0.323. The van der Waals surface area contributed by atoms with E-state index < -0.39 is 14.4 Å². The number of epoxide rings is 1. The third-order valence-corrected chi connectivity index (χ3v) is 17.9. The van der Waals surface area contributed by atoms with Crippen molar-refractivity contribution in [1.82, 2.24) is 9.34 Å². The topological polar surface area (TPSA) is 32.1 Å². The van der Waals surface area contributed by atoms with Crippen LogP contribution in [0.2, 0.25) is 19.6 Å². The predicted molar refractivity (Wildman–Crippen MR) is 127 cm³/mol. The molecule has 28 heavy (non-hydrogen) atoms. The summed E-state index contributed by atoms with van der Waals surface area (Å²) in [5.41, 5.74) is 0. The third kappa shape index (κ3) is 3.74. The molecule has 1 aliphatic rings. The van der Waals surface area contributed by atoms with Crippen LogP contribution in [0, 0.1) is 0 Å². The maximum atomic E-state index is 6.88. The molecule has 2 heterocycles. The molecule has 0 aliphatic carbocycles. The lowest BCUT2D eigenvalue weighted by Gasteiger charge is -2.55. The Labute approximate surface area is 179 Å². The molecule has 0 amide bonds. The first-order valence-corrected chi connectivity index (χ1v) is 16.8. The molecule has 2 rings (SSSR count). The molecule has 162 valence electrons. The van der Waals surface area contributed by atoms with Gasteiger partial charge in [-0.05, 0) is 67.5 Å². The monoisotopic (exact) mass is 444 g/mol. The highest BCUT2D eigenvalue weighted by molar-refractivity contribution is 8.14. The Balaban J connectivity index is 2.81. The highest BCUT2D eigenvalue weighted by Gasteiger charge is 2.76. The summed E-state index contributed by atoms with van der Waals surface area (Å²) in [6.07, 6.45) is -0.586. The van der Waals surface area contributed by atoms with Crippen LogP contribution in [-0.4, -0.2) is 46.5 Å². The lowest BCUT2D eigenvalue weighted by atomic mass is 10.3. The van der Waals surface area contributed by atoms with E-state index in [9.17, 15) is 0 Å². The second-order valence-electron chi connectivity index (χ2n) is 10.1. The summed E-state index contributed by atoms with van der Waals surface area (Å²) in [7, 11) is -1.86. The van der Waals surface area contributed by atoms with Crippen molar-refractivity contribution < 1.29 is 9.15 Å². The fourth-order valence-electron chi connectivity index (χ4n) is 4.97. The summed E-state index contributed by atoms with van der Waals surface area (Å²) in [5, 5.41) is 0. The van der Waals surface area contributed by atoms with E-state index in [1.165, 1.54) is 0 Å². The summed E-state index contributed by atoms with van der Waals surface area (Å²) in [6, 6.07) is 5.40. The minimum atomic E-state index is -2.30. The third-order valence-electron chi connectivity index (χ3n) is 5.65. The van der Waals surface area contributed by atoms with E-state index in [0.717, 1.165) is 5.76 Å². The second-order valence-corrected chi connectivity index (χ2v) is 20.0. The Morgan fingerprint density at radius 1 is 0.929 bits per heavy atom. The van der Waals surface area contributed by atoms with Crippen molar-refractivity contribution in [3.05, 3.63) is 24.2 Å². The smallest absolute Gasteiger partial charge is 0.149 e. The van der Waals surface area contributed by atoms with Gasteiger partial charge in [0.2, 0.25) is 0 Å². The van der Waals surface area contributed by atoms with E-state index in [1.807, 2.05) is 6.07 Å². The molecule has 0 radical (unpaired) electrons. The summed E-state index contributed by atoms with van der Waals surface area (Å²) >= 11 is 6.88. The molecule has 0 aromatic carbocycles. The molecule has 0 saturated carbocycles. The Kier molecular flexibility index (Phi) is 7.18. The van der Waals surface area contributed by atoms with Crippen molar-refractivity contribution in [2.24, 2.45) is 0 Å². The van der Waals surface area contributed by atoms with E-state index in [1.54, 1.807) is 6.26 Å². The molecule has 0 bridgehead atoms. The van der Waals surface area contributed by atoms with Crippen LogP contribution < -0.4 is 0 Å². The quantitative estimate of drug-likeness (QED) is 0.247. The minimum absolute atomic E-state index is 0.0417. The number of nitrogens with zero attached hydrogens (tertiary/aromatic N) is 2. The number of rotatable bonds is 9. The average Bonchev–Trinajstić information content (AvgIpc) is 3.06. The lowest BCUT2D eigenvalue weighted by molar-refractivity contribution is 0.241. The SMILES string of the molecule is CC(C)N(C(C)C)P(=S)(N(C(C)C)C(C)C)[C@]1([Si](C)(C)C)O[C@H]1c1ccco1. The molecular formula is C21H41N2O2PSSi. The lowest BCUT2D eigenvalue weighted by Crippen LogP contribution is -2.55. The zero-order valence-electron chi connectivity index (χ0n) is 19.7. The highest BCUT2D eigenvalue weighted by atomic mass is 32.4. The predicted octanol–water partition coefficient (Wildman–Crippen LogP) is 6.47. The first kappa shape index (κ1) is 24.3. The van der Waals surface area contributed by atoms with Crippen molar-refractivity contribution in [2.45, 2.75) is 110 Å². The molecule has 0 spiro atoms. The van der Waals surface area contributed by atoms with Crippen LogP contribution in [0.3, 0.4) is 0 Å². The Hall–Kier alpha value is 0.0269. The number of hydrogen-bond donors (Lipinski definition) is 0. The maximum absolute atomic E-state index is 6.88. The van der Waals surface area contributed by atoms with E-state index in [0.29, 0.717) is 24.2 Å². The van der Waals surface area contributed by atoms with E-state index in [-0.39, 0.29) is 11.1 Å². The van der Waals surface area contributed by atoms with Crippen LogP contribution in [0.4, 0.5) is 0 Å². The van der Waals surface area contributed by atoms with Crippen LogP contribution in [-0.2, 0) is 16.5 Å². The molecule has 2 atom stereocenters. The maximum Gasteiger partial charge on any atom is 0.149 e. The zero-order valence-corrected chi connectivity index (χ0v) is 22.4. The Morgan fingerprint density at radius 3 is 1.64 bits per heavy atom. The van der Waals surface area contributed by atoms with Gasteiger partial charge in [-0.25, -0.2) is 0 Å². The van der Waals surface area contributed by atoms with Crippen molar-refractivity contribution in [3.8, 4) is 0 Å². The van der Waals surface area contributed by atoms with Gasteiger partial charge in [0, 0.05) is 24.2 Å². The summed E-state index contributed by atoms with van der Waals surface area (Å²) < 4.78 is 17.8. The second kappa shape index (κ2) is 8.28. The normalized spacial score (nSPS) is 23.8. The molecule has 7 heteroatoms. The van der Waals surface area contributed by atoms with Crippen LogP contribution >= 0.6 is 6.34 Å². The Morgan fingerprint density at radius 2 is 1.36 bits per heavy atom. The molecule has 1 aromatic heterocycles. The fourth-order valence-corrected chi connectivity index (χ4v) is 19.8. The van der Waals surface area contributed by atoms with Gasteiger partial charge in [-0.1, -0.05) is 31.4 Å². The Bertz CT molecular complexity index is 660. The van der Waals surface area contributed by atoms with Crippen LogP contribution in [0.5, 0.6) is 0 Å². The zero-order chi connectivity index (χ0) is 21.7. The van der Waals surface area contributed by atoms with Crippen molar-refractivity contribution in [2.75, 3.05) is 0 Å². The van der Waals surface area contributed by atoms with Gasteiger partial charge in [0.15, 0.2) is 0 Å². The molecule has 1 fully saturated rings. The van der Waals surface area contributed by atoms with Gasteiger partial charge in [-0.3, -0.25) is 9.34 Å². The van der Waals surface area contributed by atoms with E-state index >= 15 is 0 Å². The van der Waals surface area contributed by atoms with Crippen molar-refractivity contribution in [3.63, 3.8) is 0 Å². The summed E-state index contributed by atoms with van der Waals surface area (Å²) in [6.45, 7) is 25.5. The molecule has 1 saturated heterocycles.